The van der Waals surface area contributed by atoms with Gasteiger partial charge in [-0.1, -0.05) is 40.5 Å². The molecule has 0 aliphatic heterocycles. The summed E-state index contributed by atoms with van der Waals surface area (Å²) in [4.78, 5) is 2.24. The predicted octanol–water partition coefficient (Wildman–Crippen LogP) is 5.03. The summed E-state index contributed by atoms with van der Waals surface area (Å²) in [6, 6.07) is 15.1. The maximum absolute atomic E-state index is 3.57. The zero-order valence-corrected chi connectivity index (χ0v) is 14.6. The summed E-state index contributed by atoms with van der Waals surface area (Å²) in [5.74, 6) is 0. The second-order valence-corrected chi connectivity index (χ2v) is 6.26. The largest absolute Gasteiger partial charge is 0.344 e. The zero-order chi connectivity index (χ0) is 15.2. The van der Waals surface area contributed by atoms with Crippen LogP contribution in [0.5, 0.6) is 0 Å². The van der Waals surface area contributed by atoms with E-state index in [2.05, 4.69) is 89.5 Å². The molecule has 2 aromatic rings. The molecule has 2 rings (SSSR count). The number of nitrogens with zero attached hydrogens (tertiary/aromatic N) is 1. The Bertz CT molecular complexity index is 578. The summed E-state index contributed by atoms with van der Waals surface area (Å²) in [6.07, 6.45) is 1.15. The van der Waals surface area contributed by atoms with Crippen molar-refractivity contribution in [2.24, 2.45) is 0 Å². The molecule has 0 aliphatic rings. The van der Waals surface area contributed by atoms with Crippen LogP contribution in [0.3, 0.4) is 0 Å². The zero-order valence-electron chi connectivity index (χ0n) is 13.0. The average molecular weight is 347 g/mol. The number of rotatable bonds is 6. The SMILES string of the molecule is CCCNCc1cc(Br)ccc1N(C)c1ccc(C)cc1. The molecule has 0 heterocycles. The summed E-state index contributed by atoms with van der Waals surface area (Å²) in [6.45, 7) is 6.23. The number of anilines is 2. The van der Waals surface area contributed by atoms with Crippen LogP contribution in [0.1, 0.15) is 24.5 Å². The first-order chi connectivity index (χ1) is 10.1. The molecule has 0 atom stereocenters. The highest BCUT2D eigenvalue weighted by atomic mass is 79.9. The van der Waals surface area contributed by atoms with Crippen molar-refractivity contribution in [3.05, 3.63) is 58.1 Å². The van der Waals surface area contributed by atoms with E-state index in [9.17, 15) is 0 Å². The summed E-state index contributed by atoms with van der Waals surface area (Å²) in [5.41, 5.74) is 5.04. The van der Waals surface area contributed by atoms with Crippen molar-refractivity contribution >= 4 is 27.3 Å². The Morgan fingerprint density at radius 3 is 2.48 bits per heavy atom. The third kappa shape index (κ3) is 4.32. The molecule has 0 bridgehead atoms. The van der Waals surface area contributed by atoms with Crippen LogP contribution < -0.4 is 10.2 Å². The van der Waals surface area contributed by atoms with Crippen LogP contribution in [-0.2, 0) is 6.54 Å². The first-order valence-electron chi connectivity index (χ1n) is 7.41. The summed E-state index contributed by atoms with van der Waals surface area (Å²) < 4.78 is 1.12. The molecule has 0 spiro atoms. The van der Waals surface area contributed by atoms with Crippen molar-refractivity contribution in [2.45, 2.75) is 26.8 Å². The van der Waals surface area contributed by atoms with Gasteiger partial charge in [0, 0.05) is 29.4 Å². The quantitative estimate of drug-likeness (QED) is 0.738. The second kappa shape index (κ2) is 7.62. The number of hydrogen-bond donors (Lipinski definition) is 1. The molecule has 2 nitrogen and oxygen atoms in total. The van der Waals surface area contributed by atoms with Crippen LogP contribution in [-0.4, -0.2) is 13.6 Å². The molecule has 0 radical (unpaired) electrons. The van der Waals surface area contributed by atoms with Gasteiger partial charge in [-0.2, -0.15) is 0 Å². The van der Waals surface area contributed by atoms with E-state index in [0.29, 0.717) is 0 Å². The van der Waals surface area contributed by atoms with Crippen LogP contribution in [0.15, 0.2) is 46.9 Å². The van der Waals surface area contributed by atoms with Crippen LogP contribution in [0.25, 0.3) is 0 Å². The van der Waals surface area contributed by atoms with Gasteiger partial charge in [0.2, 0.25) is 0 Å². The van der Waals surface area contributed by atoms with Gasteiger partial charge >= 0.3 is 0 Å². The first-order valence-corrected chi connectivity index (χ1v) is 8.20. The summed E-state index contributed by atoms with van der Waals surface area (Å²) >= 11 is 3.57. The molecule has 0 amide bonds. The maximum Gasteiger partial charge on any atom is 0.0454 e. The fraction of sp³-hybridized carbons (Fsp3) is 0.333. The lowest BCUT2D eigenvalue weighted by molar-refractivity contribution is 0.675. The Hall–Kier alpha value is -1.32. The van der Waals surface area contributed by atoms with Crippen molar-refractivity contribution in [1.29, 1.82) is 0 Å². The molecule has 0 unspecified atom stereocenters. The third-order valence-corrected chi connectivity index (χ3v) is 4.06. The van der Waals surface area contributed by atoms with E-state index < -0.39 is 0 Å². The molecule has 0 saturated heterocycles. The average Bonchev–Trinajstić information content (AvgIpc) is 2.48. The van der Waals surface area contributed by atoms with E-state index in [4.69, 9.17) is 0 Å². The lowest BCUT2D eigenvalue weighted by Gasteiger charge is -2.23. The Morgan fingerprint density at radius 1 is 1.10 bits per heavy atom. The fourth-order valence-electron chi connectivity index (χ4n) is 2.33. The smallest absolute Gasteiger partial charge is 0.0454 e. The van der Waals surface area contributed by atoms with Crippen molar-refractivity contribution in [2.75, 3.05) is 18.5 Å². The monoisotopic (exact) mass is 346 g/mol. The van der Waals surface area contributed by atoms with Gasteiger partial charge < -0.3 is 10.2 Å². The lowest BCUT2D eigenvalue weighted by Crippen LogP contribution is -2.18. The Morgan fingerprint density at radius 2 is 1.81 bits per heavy atom. The van der Waals surface area contributed by atoms with E-state index >= 15 is 0 Å². The normalized spacial score (nSPS) is 10.7. The standard InChI is InChI=1S/C18H23BrN2/c1-4-11-20-13-15-12-16(19)7-10-18(15)21(3)17-8-5-14(2)6-9-17/h5-10,12,20H,4,11,13H2,1-3H3. The Labute approximate surface area is 136 Å². The van der Waals surface area contributed by atoms with Crippen LogP contribution in [0.4, 0.5) is 11.4 Å². The molecule has 0 saturated carbocycles. The van der Waals surface area contributed by atoms with E-state index in [0.717, 1.165) is 24.0 Å². The van der Waals surface area contributed by atoms with Gasteiger partial charge in [0.1, 0.15) is 0 Å². The van der Waals surface area contributed by atoms with E-state index in [-0.39, 0.29) is 0 Å². The minimum absolute atomic E-state index is 0.888. The highest BCUT2D eigenvalue weighted by molar-refractivity contribution is 9.10. The van der Waals surface area contributed by atoms with Gasteiger partial charge in [-0.05, 0) is 55.8 Å². The van der Waals surface area contributed by atoms with Gasteiger partial charge in [0.25, 0.3) is 0 Å². The predicted molar refractivity (Wildman–Crippen MR) is 95.4 cm³/mol. The van der Waals surface area contributed by atoms with Crippen molar-refractivity contribution in [1.82, 2.24) is 5.32 Å². The number of nitrogens with one attached hydrogen (secondary N) is 1. The maximum atomic E-state index is 3.57. The molecule has 112 valence electrons. The van der Waals surface area contributed by atoms with Gasteiger partial charge in [0.15, 0.2) is 0 Å². The molecular weight excluding hydrogens is 324 g/mol. The van der Waals surface area contributed by atoms with Crippen LogP contribution in [0, 0.1) is 6.92 Å². The summed E-state index contributed by atoms with van der Waals surface area (Å²) in [7, 11) is 2.12. The molecule has 0 fully saturated rings. The van der Waals surface area contributed by atoms with E-state index in [1.165, 1.54) is 22.5 Å². The second-order valence-electron chi connectivity index (χ2n) is 5.34. The topological polar surface area (TPSA) is 15.3 Å². The van der Waals surface area contributed by atoms with Crippen LogP contribution in [0.2, 0.25) is 0 Å². The van der Waals surface area contributed by atoms with Gasteiger partial charge in [-0.15, -0.1) is 0 Å². The van der Waals surface area contributed by atoms with Crippen molar-refractivity contribution < 1.29 is 0 Å². The highest BCUT2D eigenvalue weighted by Gasteiger charge is 2.09. The highest BCUT2D eigenvalue weighted by Crippen LogP contribution is 2.29. The van der Waals surface area contributed by atoms with Crippen molar-refractivity contribution in [3.8, 4) is 0 Å². The molecule has 0 aliphatic carbocycles. The molecule has 1 N–H and O–H groups in total. The van der Waals surface area contributed by atoms with Gasteiger partial charge in [-0.25, -0.2) is 0 Å². The minimum atomic E-state index is 0.888. The molecule has 2 aromatic carbocycles. The Kier molecular flexibility index (Phi) is 5.83. The van der Waals surface area contributed by atoms with Gasteiger partial charge in [-0.3, -0.25) is 0 Å². The first kappa shape index (κ1) is 16.1. The number of benzene rings is 2. The van der Waals surface area contributed by atoms with E-state index in [1.54, 1.807) is 0 Å². The van der Waals surface area contributed by atoms with Gasteiger partial charge in [0.05, 0.1) is 0 Å². The molecule has 3 heteroatoms. The molecule has 0 aromatic heterocycles. The number of aryl methyl sites for hydroxylation is 1. The molecule has 21 heavy (non-hydrogen) atoms. The third-order valence-electron chi connectivity index (χ3n) is 3.57. The van der Waals surface area contributed by atoms with Crippen LogP contribution >= 0.6 is 15.9 Å². The molecular formula is C18H23BrN2. The fourth-order valence-corrected chi connectivity index (χ4v) is 2.74. The number of halogens is 1. The summed E-state index contributed by atoms with van der Waals surface area (Å²) in [5, 5.41) is 3.49. The lowest BCUT2D eigenvalue weighted by atomic mass is 10.1. The minimum Gasteiger partial charge on any atom is -0.344 e. The van der Waals surface area contributed by atoms with E-state index in [1.807, 2.05) is 0 Å². The Balaban J connectivity index is 2.26. The van der Waals surface area contributed by atoms with Crippen molar-refractivity contribution in [3.63, 3.8) is 0 Å². The number of hydrogen-bond acceptors (Lipinski definition) is 2.